The van der Waals surface area contributed by atoms with Crippen LogP contribution in [0.4, 0.5) is 15.9 Å². The van der Waals surface area contributed by atoms with Crippen LogP contribution in [-0.2, 0) is 0 Å². The van der Waals surface area contributed by atoms with Gasteiger partial charge in [0.25, 0.3) is 5.91 Å². The van der Waals surface area contributed by atoms with Gasteiger partial charge in [0.1, 0.15) is 17.3 Å². The predicted molar refractivity (Wildman–Crippen MR) is 105 cm³/mol. The summed E-state index contributed by atoms with van der Waals surface area (Å²) in [5.41, 5.74) is 1.07. The van der Waals surface area contributed by atoms with Gasteiger partial charge in [-0.25, -0.2) is 14.4 Å². The van der Waals surface area contributed by atoms with Crippen molar-refractivity contribution in [3.63, 3.8) is 0 Å². The first-order valence-electron chi connectivity index (χ1n) is 8.83. The van der Waals surface area contributed by atoms with Crippen molar-refractivity contribution in [3.05, 3.63) is 72.2 Å². The van der Waals surface area contributed by atoms with Gasteiger partial charge in [-0.3, -0.25) is 4.79 Å². The van der Waals surface area contributed by atoms with E-state index >= 15 is 0 Å². The predicted octanol–water partition coefficient (Wildman–Crippen LogP) is 4.75. The second-order valence-corrected chi connectivity index (χ2v) is 6.22. The third-order valence-electron chi connectivity index (χ3n) is 4.12. The summed E-state index contributed by atoms with van der Waals surface area (Å²) in [5.74, 6) is -0.00695. The molecule has 3 aromatic rings. The van der Waals surface area contributed by atoms with E-state index in [1.807, 2.05) is 37.3 Å². The molecule has 1 atom stereocenters. The molecular formula is C21H21FN4O. The number of carbonyl (C=O) groups excluding carboxylic acids is 1. The second kappa shape index (κ2) is 8.40. The van der Waals surface area contributed by atoms with Crippen LogP contribution in [0.5, 0.6) is 0 Å². The average Bonchev–Trinajstić information content (AvgIpc) is 2.70. The summed E-state index contributed by atoms with van der Waals surface area (Å²) in [5, 5.41) is 5.83. The van der Waals surface area contributed by atoms with Crippen LogP contribution in [0.1, 0.15) is 30.8 Å². The Balaban J connectivity index is 1.96. The van der Waals surface area contributed by atoms with Crippen molar-refractivity contribution in [1.82, 2.24) is 9.97 Å². The molecule has 1 heterocycles. The van der Waals surface area contributed by atoms with Gasteiger partial charge >= 0.3 is 0 Å². The standard InChI is InChI=1S/C21H21FN4O/c1-3-14(2)23-19-13-18(21(27)25-17-12-8-7-11-16(17)22)24-20(26-19)15-9-5-4-6-10-15/h4-14H,3H2,1-2H3,(H,25,27)(H,23,24,26). The molecular weight excluding hydrogens is 343 g/mol. The van der Waals surface area contributed by atoms with E-state index in [-0.39, 0.29) is 17.4 Å². The maximum absolute atomic E-state index is 13.8. The summed E-state index contributed by atoms with van der Waals surface area (Å²) in [6, 6.07) is 17.2. The Hall–Kier alpha value is -3.28. The fraction of sp³-hybridized carbons (Fsp3) is 0.190. The third kappa shape index (κ3) is 4.67. The van der Waals surface area contributed by atoms with Gasteiger partial charge in [0.05, 0.1) is 5.69 Å². The molecule has 0 aliphatic carbocycles. The molecule has 0 saturated heterocycles. The zero-order valence-corrected chi connectivity index (χ0v) is 15.2. The Morgan fingerprint density at radius 1 is 1.07 bits per heavy atom. The number of benzene rings is 2. The molecule has 0 bridgehead atoms. The summed E-state index contributed by atoms with van der Waals surface area (Å²) >= 11 is 0. The minimum atomic E-state index is -0.499. The van der Waals surface area contributed by atoms with E-state index in [9.17, 15) is 9.18 Å². The van der Waals surface area contributed by atoms with E-state index in [0.717, 1.165) is 12.0 Å². The molecule has 2 aromatic carbocycles. The van der Waals surface area contributed by atoms with Crippen LogP contribution in [0.15, 0.2) is 60.7 Å². The quantitative estimate of drug-likeness (QED) is 0.663. The van der Waals surface area contributed by atoms with Gasteiger partial charge in [0, 0.05) is 17.7 Å². The highest BCUT2D eigenvalue weighted by Gasteiger charge is 2.15. The lowest BCUT2D eigenvalue weighted by Gasteiger charge is -2.14. The molecule has 3 rings (SSSR count). The zero-order valence-electron chi connectivity index (χ0n) is 15.2. The van der Waals surface area contributed by atoms with Gasteiger partial charge in [-0.1, -0.05) is 49.4 Å². The molecule has 5 nitrogen and oxygen atoms in total. The molecule has 27 heavy (non-hydrogen) atoms. The Labute approximate surface area is 157 Å². The van der Waals surface area contributed by atoms with Crippen LogP contribution in [0.25, 0.3) is 11.4 Å². The maximum Gasteiger partial charge on any atom is 0.274 e. The number of hydrogen-bond acceptors (Lipinski definition) is 4. The lowest BCUT2D eigenvalue weighted by molar-refractivity contribution is 0.102. The van der Waals surface area contributed by atoms with Crippen LogP contribution in [-0.4, -0.2) is 21.9 Å². The van der Waals surface area contributed by atoms with E-state index in [1.165, 1.54) is 12.1 Å². The molecule has 0 radical (unpaired) electrons. The normalized spacial score (nSPS) is 11.7. The highest BCUT2D eigenvalue weighted by molar-refractivity contribution is 6.03. The first kappa shape index (κ1) is 18.5. The van der Waals surface area contributed by atoms with E-state index in [0.29, 0.717) is 11.6 Å². The Kier molecular flexibility index (Phi) is 5.76. The smallest absolute Gasteiger partial charge is 0.274 e. The Morgan fingerprint density at radius 3 is 2.48 bits per heavy atom. The highest BCUT2D eigenvalue weighted by Crippen LogP contribution is 2.20. The first-order chi connectivity index (χ1) is 13.1. The van der Waals surface area contributed by atoms with Gasteiger partial charge in [0.15, 0.2) is 5.82 Å². The molecule has 0 spiro atoms. The highest BCUT2D eigenvalue weighted by atomic mass is 19.1. The van der Waals surface area contributed by atoms with Crippen LogP contribution in [0.2, 0.25) is 0 Å². The fourth-order valence-corrected chi connectivity index (χ4v) is 2.46. The van der Waals surface area contributed by atoms with Crippen molar-refractivity contribution in [2.75, 3.05) is 10.6 Å². The summed E-state index contributed by atoms with van der Waals surface area (Å²) in [7, 11) is 0. The number of rotatable bonds is 6. The molecule has 1 aromatic heterocycles. The molecule has 0 fully saturated rings. The SMILES string of the molecule is CCC(C)Nc1cc(C(=O)Nc2ccccc2F)nc(-c2ccccc2)n1. The van der Waals surface area contributed by atoms with E-state index in [4.69, 9.17) is 0 Å². The van der Waals surface area contributed by atoms with Gasteiger partial charge in [-0.05, 0) is 25.5 Å². The van der Waals surface area contributed by atoms with Crippen LogP contribution in [0.3, 0.4) is 0 Å². The Morgan fingerprint density at radius 2 is 1.78 bits per heavy atom. The number of carbonyl (C=O) groups is 1. The van der Waals surface area contributed by atoms with Crippen molar-refractivity contribution in [1.29, 1.82) is 0 Å². The molecule has 0 saturated carbocycles. The van der Waals surface area contributed by atoms with Crippen molar-refractivity contribution in [2.45, 2.75) is 26.3 Å². The molecule has 0 aliphatic rings. The number of nitrogens with one attached hydrogen (secondary N) is 2. The van der Waals surface area contributed by atoms with Gasteiger partial charge in [0.2, 0.25) is 0 Å². The van der Waals surface area contributed by atoms with Gasteiger partial charge < -0.3 is 10.6 Å². The number of para-hydroxylation sites is 1. The summed E-state index contributed by atoms with van der Waals surface area (Å²) in [4.78, 5) is 21.6. The van der Waals surface area contributed by atoms with Gasteiger partial charge in [-0.15, -0.1) is 0 Å². The van der Waals surface area contributed by atoms with Crippen molar-refractivity contribution < 1.29 is 9.18 Å². The number of halogens is 1. The second-order valence-electron chi connectivity index (χ2n) is 6.22. The monoisotopic (exact) mass is 364 g/mol. The number of amides is 1. The molecule has 1 amide bonds. The maximum atomic E-state index is 13.8. The lowest BCUT2D eigenvalue weighted by Crippen LogP contribution is -2.19. The van der Waals surface area contributed by atoms with Crippen molar-refractivity contribution in [3.8, 4) is 11.4 Å². The summed E-state index contributed by atoms with van der Waals surface area (Å²) in [6.07, 6.45) is 0.904. The molecule has 2 N–H and O–H groups in total. The van der Waals surface area contributed by atoms with Crippen LogP contribution < -0.4 is 10.6 Å². The zero-order chi connectivity index (χ0) is 19.2. The van der Waals surface area contributed by atoms with Crippen LogP contribution in [0, 0.1) is 5.82 Å². The van der Waals surface area contributed by atoms with Crippen molar-refractivity contribution in [2.24, 2.45) is 0 Å². The largest absolute Gasteiger partial charge is 0.367 e. The van der Waals surface area contributed by atoms with Crippen LogP contribution >= 0.6 is 0 Å². The number of aromatic nitrogens is 2. The molecule has 1 unspecified atom stereocenters. The van der Waals surface area contributed by atoms with Crippen molar-refractivity contribution >= 4 is 17.4 Å². The number of anilines is 2. The third-order valence-corrected chi connectivity index (χ3v) is 4.12. The molecule has 6 heteroatoms. The topological polar surface area (TPSA) is 66.9 Å². The summed E-state index contributed by atoms with van der Waals surface area (Å²) in [6.45, 7) is 4.09. The summed E-state index contributed by atoms with van der Waals surface area (Å²) < 4.78 is 13.8. The number of nitrogens with zero attached hydrogens (tertiary/aromatic N) is 2. The van der Waals surface area contributed by atoms with E-state index in [1.54, 1.807) is 18.2 Å². The number of hydrogen-bond donors (Lipinski definition) is 2. The minimum Gasteiger partial charge on any atom is -0.367 e. The average molecular weight is 364 g/mol. The lowest BCUT2D eigenvalue weighted by atomic mass is 10.2. The minimum absolute atomic E-state index is 0.110. The van der Waals surface area contributed by atoms with E-state index in [2.05, 4.69) is 27.5 Å². The van der Waals surface area contributed by atoms with Gasteiger partial charge in [-0.2, -0.15) is 0 Å². The first-order valence-corrected chi connectivity index (χ1v) is 8.83. The molecule has 138 valence electrons. The molecule has 0 aliphatic heterocycles. The Bertz CT molecular complexity index is 930. The van der Waals surface area contributed by atoms with E-state index < -0.39 is 11.7 Å². The fourth-order valence-electron chi connectivity index (χ4n) is 2.46.